The number of benzene rings is 1. The number of aryl methyl sites for hydroxylation is 1. The average molecular weight is 387 g/mol. The zero-order valence-electron chi connectivity index (χ0n) is 16.9. The lowest BCUT2D eigenvalue weighted by atomic mass is 10.1. The fraction of sp³-hybridized carbons (Fsp3) is 0.550. The summed E-state index contributed by atoms with van der Waals surface area (Å²) in [5, 5.41) is 10.7. The Balaban J connectivity index is 1.72. The van der Waals surface area contributed by atoms with Gasteiger partial charge in [-0.2, -0.15) is 5.10 Å². The van der Waals surface area contributed by atoms with E-state index in [1.165, 1.54) is 12.8 Å². The quantitative estimate of drug-likeness (QED) is 0.535. The summed E-state index contributed by atoms with van der Waals surface area (Å²) in [6, 6.07) is 5.96. The molecule has 0 radical (unpaired) electrons. The lowest BCUT2D eigenvalue weighted by Gasteiger charge is -2.19. The second-order valence-electron chi connectivity index (χ2n) is 6.82. The average Bonchev–Trinajstić information content (AvgIpc) is 3.36. The Kier molecular flexibility index (Phi) is 7.11. The summed E-state index contributed by atoms with van der Waals surface area (Å²) < 4.78 is 13.6. The van der Waals surface area contributed by atoms with Crippen LogP contribution in [-0.4, -0.2) is 40.5 Å². The number of methoxy groups -OCH3 is 1. The number of hydrogen-bond acceptors (Lipinski definition) is 5. The van der Waals surface area contributed by atoms with Crippen LogP contribution in [0.25, 0.3) is 0 Å². The molecule has 0 aliphatic heterocycles. The molecular weight excluding hydrogens is 356 g/mol. The molecule has 1 fully saturated rings. The number of rotatable bonds is 8. The molecule has 28 heavy (non-hydrogen) atoms. The Bertz CT molecular complexity index is 783. The molecule has 152 valence electrons. The first-order chi connectivity index (χ1) is 13.7. The van der Waals surface area contributed by atoms with Crippen molar-refractivity contribution in [3.05, 3.63) is 35.9 Å². The first-order valence-corrected chi connectivity index (χ1v) is 9.88. The van der Waals surface area contributed by atoms with Gasteiger partial charge in [-0.1, -0.05) is 12.1 Å². The number of para-hydroxylation sites is 1. The molecule has 0 spiro atoms. The Hall–Kier alpha value is -2.77. The van der Waals surface area contributed by atoms with Crippen molar-refractivity contribution in [2.45, 2.75) is 51.8 Å². The third-order valence-electron chi connectivity index (χ3n) is 4.84. The highest BCUT2D eigenvalue weighted by Crippen LogP contribution is 2.35. The molecule has 8 heteroatoms. The van der Waals surface area contributed by atoms with Crippen LogP contribution in [0.15, 0.2) is 29.5 Å². The minimum atomic E-state index is 0.265. The van der Waals surface area contributed by atoms with E-state index in [0.717, 1.165) is 48.2 Å². The maximum absolute atomic E-state index is 6.30. The lowest BCUT2D eigenvalue weighted by Crippen LogP contribution is -2.37. The molecular formula is C20H30N6O2. The maximum atomic E-state index is 6.30. The highest BCUT2D eigenvalue weighted by Gasteiger charge is 2.20. The third-order valence-corrected chi connectivity index (χ3v) is 4.84. The van der Waals surface area contributed by atoms with E-state index in [-0.39, 0.29) is 6.10 Å². The molecule has 1 aliphatic carbocycles. The Morgan fingerprint density at radius 2 is 2.11 bits per heavy atom. The number of aliphatic imine (C=N–C) groups is 1. The molecule has 1 aromatic heterocycles. The normalized spacial score (nSPS) is 14.9. The van der Waals surface area contributed by atoms with Crippen LogP contribution in [0.5, 0.6) is 11.5 Å². The van der Waals surface area contributed by atoms with Gasteiger partial charge in [0, 0.05) is 19.2 Å². The minimum absolute atomic E-state index is 0.265. The van der Waals surface area contributed by atoms with Gasteiger partial charge in [-0.15, -0.1) is 0 Å². The zero-order chi connectivity index (χ0) is 19.8. The van der Waals surface area contributed by atoms with Crippen LogP contribution in [0.2, 0.25) is 0 Å². The largest absolute Gasteiger partial charge is 0.493 e. The van der Waals surface area contributed by atoms with Crippen molar-refractivity contribution in [2.75, 3.05) is 13.7 Å². The van der Waals surface area contributed by atoms with Crippen molar-refractivity contribution < 1.29 is 9.47 Å². The summed E-state index contributed by atoms with van der Waals surface area (Å²) in [6.07, 6.45) is 6.46. The van der Waals surface area contributed by atoms with Crippen LogP contribution in [0.3, 0.4) is 0 Å². The van der Waals surface area contributed by atoms with E-state index < -0.39 is 0 Å². The van der Waals surface area contributed by atoms with Crippen LogP contribution in [0.4, 0.5) is 0 Å². The number of nitrogens with zero attached hydrogens (tertiary/aromatic N) is 4. The van der Waals surface area contributed by atoms with E-state index in [4.69, 9.17) is 14.5 Å². The van der Waals surface area contributed by atoms with E-state index in [0.29, 0.717) is 13.1 Å². The predicted octanol–water partition coefficient (Wildman–Crippen LogP) is 2.40. The van der Waals surface area contributed by atoms with Crippen molar-refractivity contribution in [3.63, 3.8) is 0 Å². The van der Waals surface area contributed by atoms with Gasteiger partial charge in [0.2, 0.25) is 0 Å². The van der Waals surface area contributed by atoms with Gasteiger partial charge in [-0.3, -0.25) is 4.68 Å². The fourth-order valence-electron chi connectivity index (χ4n) is 3.30. The molecule has 8 nitrogen and oxygen atoms in total. The van der Waals surface area contributed by atoms with E-state index in [1.54, 1.807) is 18.1 Å². The van der Waals surface area contributed by atoms with Crippen LogP contribution in [0, 0.1) is 0 Å². The minimum Gasteiger partial charge on any atom is -0.493 e. The number of nitrogens with one attached hydrogen (secondary N) is 2. The molecule has 1 heterocycles. The highest BCUT2D eigenvalue weighted by molar-refractivity contribution is 5.79. The van der Waals surface area contributed by atoms with Gasteiger partial charge < -0.3 is 20.1 Å². The third kappa shape index (κ3) is 5.15. The van der Waals surface area contributed by atoms with Crippen molar-refractivity contribution in [1.29, 1.82) is 0 Å². The fourth-order valence-corrected chi connectivity index (χ4v) is 3.30. The van der Waals surface area contributed by atoms with Crippen LogP contribution in [0.1, 0.15) is 44.0 Å². The SMILES string of the molecule is CCNC(=NCc1cccc(OC)c1OC1CCCC1)NCc1ncnn1C. The summed E-state index contributed by atoms with van der Waals surface area (Å²) in [7, 11) is 3.55. The van der Waals surface area contributed by atoms with Crippen molar-refractivity contribution in [1.82, 2.24) is 25.4 Å². The zero-order valence-corrected chi connectivity index (χ0v) is 16.9. The molecule has 0 amide bonds. The summed E-state index contributed by atoms with van der Waals surface area (Å²) >= 11 is 0. The molecule has 2 N–H and O–H groups in total. The van der Waals surface area contributed by atoms with Gasteiger partial charge in [-0.25, -0.2) is 9.98 Å². The van der Waals surface area contributed by atoms with Gasteiger partial charge in [-0.05, 0) is 38.7 Å². The number of hydrogen-bond donors (Lipinski definition) is 2. The molecule has 1 aromatic carbocycles. The number of ether oxygens (including phenoxy) is 2. The summed E-state index contributed by atoms with van der Waals surface area (Å²) in [4.78, 5) is 8.96. The van der Waals surface area contributed by atoms with Crippen LogP contribution in [-0.2, 0) is 20.1 Å². The number of aromatic nitrogens is 3. The summed E-state index contributed by atoms with van der Waals surface area (Å²) in [6.45, 7) is 3.85. The van der Waals surface area contributed by atoms with Crippen LogP contribution >= 0.6 is 0 Å². The van der Waals surface area contributed by atoms with Crippen molar-refractivity contribution in [3.8, 4) is 11.5 Å². The molecule has 0 bridgehead atoms. The highest BCUT2D eigenvalue weighted by atomic mass is 16.5. The molecule has 0 unspecified atom stereocenters. The van der Waals surface area contributed by atoms with Gasteiger partial charge in [0.1, 0.15) is 12.2 Å². The van der Waals surface area contributed by atoms with E-state index in [2.05, 4.69) is 20.7 Å². The second-order valence-corrected chi connectivity index (χ2v) is 6.82. The smallest absolute Gasteiger partial charge is 0.191 e. The Morgan fingerprint density at radius 3 is 2.79 bits per heavy atom. The van der Waals surface area contributed by atoms with Gasteiger partial charge >= 0.3 is 0 Å². The van der Waals surface area contributed by atoms with E-state index in [1.807, 2.05) is 32.2 Å². The second kappa shape index (κ2) is 9.96. The molecule has 2 aromatic rings. The monoisotopic (exact) mass is 386 g/mol. The van der Waals surface area contributed by atoms with E-state index in [9.17, 15) is 0 Å². The van der Waals surface area contributed by atoms with E-state index >= 15 is 0 Å². The van der Waals surface area contributed by atoms with Crippen molar-refractivity contribution >= 4 is 5.96 Å². The predicted molar refractivity (Wildman–Crippen MR) is 109 cm³/mol. The van der Waals surface area contributed by atoms with Gasteiger partial charge in [0.15, 0.2) is 17.5 Å². The summed E-state index contributed by atoms with van der Waals surface area (Å²) in [5.74, 6) is 3.14. The maximum Gasteiger partial charge on any atom is 0.191 e. The van der Waals surface area contributed by atoms with Gasteiger partial charge in [0.05, 0.1) is 26.3 Å². The molecule has 1 saturated carbocycles. The molecule has 0 saturated heterocycles. The Morgan fingerprint density at radius 1 is 1.29 bits per heavy atom. The lowest BCUT2D eigenvalue weighted by molar-refractivity contribution is 0.198. The standard InChI is InChI=1S/C20H30N6O2/c1-4-21-20(23-13-18-24-14-25-26(18)2)22-12-15-8-7-11-17(27-3)19(15)28-16-9-5-6-10-16/h7-8,11,14,16H,4-6,9-10,12-13H2,1-3H3,(H2,21,22,23). The topological polar surface area (TPSA) is 85.6 Å². The van der Waals surface area contributed by atoms with Crippen molar-refractivity contribution in [2.24, 2.45) is 12.0 Å². The first-order valence-electron chi connectivity index (χ1n) is 9.88. The van der Waals surface area contributed by atoms with Gasteiger partial charge in [0.25, 0.3) is 0 Å². The molecule has 3 rings (SSSR count). The number of guanidine groups is 1. The molecule has 0 atom stereocenters. The summed E-state index contributed by atoms with van der Waals surface area (Å²) in [5.41, 5.74) is 1.02. The van der Waals surface area contributed by atoms with Crippen LogP contribution < -0.4 is 20.1 Å². The first kappa shape index (κ1) is 20.0. The Labute approximate surface area is 166 Å². The molecule has 1 aliphatic rings.